The van der Waals surface area contributed by atoms with Crippen LogP contribution in [0.2, 0.25) is 0 Å². The summed E-state index contributed by atoms with van der Waals surface area (Å²) in [5.74, 6) is 1.04. The Morgan fingerprint density at radius 1 is 1.16 bits per heavy atom. The molecule has 0 spiro atoms. The van der Waals surface area contributed by atoms with Crippen molar-refractivity contribution in [3.05, 3.63) is 48.8 Å². The number of hydrogen-bond acceptors (Lipinski definition) is 4. The van der Waals surface area contributed by atoms with E-state index in [2.05, 4.69) is 15.6 Å². The topological polar surface area (TPSA) is 80.3 Å². The predicted octanol–water partition coefficient (Wildman–Crippen LogP) is 3.12. The third-order valence-corrected chi connectivity index (χ3v) is 4.22. The maximum absolute atomic E-state index is 12.3. The molecule has 1 aromatic carbocycles. The van der Waals surface area contributed by atoms with Gasteiger partial charge in [-0.1, -0.05) is 12.5 Å². The Hall–Kier alpha value is -2.89. The summed E-state index contributed by atoms with van der Waals surface area (Å²) in [6.45, 7) is 1.68. The first kappa shape index (κ1) is 17.0. The van der Waals surface area contributed by atoms with E-state index in [0.717, 1.165) is 19.3 Å². The number of aromatic nitrogens is 1. The molecule has 0 aliphatic heterocycles. The molecule has 3 rings (SSSR count). The lowest BCUT2D eigenvalue weighted by Crippen LogP contribution is -2.45. The molecule has 6 nitrogen and oxygen atoms in total. The van der Waals surface area contributed by atoms with Crippen molar-refractivity contribution < 1.29 is 14.3 Å². The lowest BCUT2D eigenvalue weighted by atomic mass is 9.84. The number of carbonyl (C=O) groups excluding carboxylic acids is 2. The summed E-state index contributed by atoms with van der Waals surface area (Å²) in [4.78, 5) is 28.1. The molecule has 1 aromatic heterocycles. The predicted molar refractivity (Wildman–Crippen MR) is 94.3 cm³/mol. The molecule has 25 heavy (non-hydrogen) atoms. The molecular formula is C19H21N3O3. The van der Waals surface area contributed by atoms with Gasteiger partial charge < -0.3 is 15.4 Å². The smallest absolute Gasteiger partial charge is 0.246 e. The zero-order chi connectivity index (χ0) is 17.6. The summed E-state index contributed by atoms with van der Waals surface area (Å²) in [5.41, 5.74) is 0.612. The molecule has 2 N–H and O–H groups in total. The molecule has 1 saturated carbocycles. The SMILES string of the molecule is C[C@H](NC(=O)C1CCC1)C(=O)Nc1cccc(Oc2ccncc2)c1. The van der Waals surface area contributed by atoms with Crippen molar-refractivity contribution in [1.82, 2.24) is 10.3 Å². The number of amides is 2. The molecule has 1 aliphatic carbocycles. The van der Waals surface area contributed by atoms with Gasteiger partial charge in [-0.15, -0.1) is 0 Å². The third kappa shape index (κ3) is 4.56. The van der Waals surface area contributed by atoms with Gasteiger partial charge in [0.2, 0.25) is 11.8 Å². The second kappa shape index (κ2) is 7.79. The molecule has 1 heterocycles. The Balaban J connectivity index is 1.57. The highest BCUT2D eigenvalue weighted by Gasteiger charge is 2.27. The average Bonchev–Trinajstić information content (AvgIpc) is 2.54. The maximum Gasteiger partial charge on any atom is 0.246 e. The lowest BCUT2D eigenvalue weighted by molar-refractivity contribution is -0.130. The highest BCUT2D eigenvalue weighted by Crippen LogP contribution is 2.26. The van der Waals surface area contributed by atoms with E-state index in [0.29, 0.717) is 17.2 Å². The standard InChI is InChI=1S/C19H21N3O3/c1-13(21-19(24)14-4-2-5-14)18(23)22-15-6-3-7-17(12-15)25-16-8-10-20-11-9-16/h3,6-14H,2,4-5H2,1H3,(H,21,24)(H,22,23)/t13-/m0/s1. The number of nitrogens with one attached hydrogen (secondary N) is 2. The van der Waals surface area contributed by atoms with Crippen LogP contribution < -0.4 is 15.4 Å². The molecule has 2 aromatic rings. The van der Waals surface area contributed by atoms with Crippen LogP contribution in [0.5, 0.6) is 11.5 Å². The number of carbonyl (C=O) groups is 2. The van der Waals surface area contributed by atoms with Gasteiger partial charge in [0.15, 0.2) is 0 Å². The highest BCUT2D eigenvalue weighted by atomic mass is 16.5. The lowest BCUT2D eigenvalue weighted by Gasteiger charge is -2.25. The fourth-order valence-corrected chi connectivity index (χ4v) is 2.50. The van der Waals surface area contributed by atoms with Gasteiger partial charge in [-0.05, 0) is 44.0 Å². The van der Waals surface area contributed by atoms with Gasteiger partial charge in [-0.25, -0.2) is 0 Å². The fraction of sp³-hybridized carbons (Fsp3) is 0.316. The Kier molecular flexibility index (Phi) is 5.28. The maximum atomic E-state index is 12.3. The van der Waals surface area contributed by atoms with Crippen molar-refractivity contribution >= 4 is 17.5 Å². The van der Waals surface area contributed by atoms with Crippen LogP contribution >= 0.6 is 0 Å². The van der Waals surface area contributed by atoms with Gasteiger partial charge >= 0.3 is 0 Å². The number of rotatable bonds is 6. The van der Waals surface area contributed by atoms with Crippen LogP contribution in [0.15, 0.2) is 48.8 Å². The second-order valence-electron chi connectivity index (χ2n) is 6.16. The van der Waals surface area contributed by atoms with Crippen LogP contribution in [-0.4, -0.2) is 22.8 Å². The minimum atomic E-state index is -0.585. The quantitative estimate of drug-likeness (QED) is 0.847. The van der Waals surface area contributed by atoms with Crippen LogP contribution in [0.25, 0.3) is 0 Å². The summed E-state index contributed by atoms with van der Waals surface area (Å²) in [5, 5.41) is 5.57. The van der Waals surface area contributed by atoms with Crippen LogP contribution in [0, 0.1) is 5.92 Å². The first-order chi connectivity index (χ1) is 12.1. The summed E-state index contributed by atoms with van der Waals surface area (Å²) in [6, 6.07) is 10.0. The summed E-state index contributed by atoms with van der Waals surface area (Å²) in [6.07, 6.45) is 6.20. The molecule has 1 aliphatic rings. The van der Waals surface area contributed by atoms with Crippen molar-refractivity contribution in [2.45, 2.75) is 32.2 Å². The molecule has 130 valence electrons. The van der Waals surface area contributed by atoms with Crippen molar-refractivity contribution in [2.24, 2.45) is 5.92 Å². The van der Waals surface area contributed by atoms with E-state index in [4.69, 9.17) is 4.74 Å². The van der Waals surface area contributed by atoms with Crippen molar-refractivity contribution in [2.75, 3.05) is 5.32 Å². The molecule has 6 heteroatoms. The van der Waals surface area contributed by atoms with Crippen LogP contribution in [0.1, 0.15) is 26.2 Å². The van der Waals surface area contributed by atoms with E-state index >= 15 is 0 Å². The normalized spacial score (nSPS) is 14.9. The van der Waals surface area contributed by atoms with E-state index in [1.54, 1.807) is 55.7 Å². The average molecular weight is 339 g/mol. The Morgan fingerprint density at radius 3 is 2.60 bits per heavy atom. The number of anilines is 1. The minimum absolute atomic E-state index is 0.0383. The minimum Gasteiger partial charge on any atom is -0.457 e. The van der Waals surface area contributed by atoms with Crippen LogP contribution in [-0.2, 0) is 9.59 Å². The molecule has 0 bridgehead atoms. The van der Waals surface area contributed by atoms with Gasteiger partial charge in [0, 0.05) is 30.1 Å². The molecular weight excluding hydrogens is 318 g/mol. The van der Waals surface area contributed by atoms with E-state index < -0.39 is 6.04 Å². The van der Waals surface area contributed by atoms with Gasteiger partial charge in [0.25, 0.3) is 0 Å². The molecule has 2 amide bonds. The van der Waals surface area contributed by atoms with Crippen molar-refractivity contribution in [3.8, 4) is 11.5 Å². The molecule has 1 atom stereocenters. The van der Waals surface area contributed by atoms with Crippen LogP contribution in [0.3, 0.4) is 0 Å². The zero-order valence-corrected chi connectivity index (χ0v) is 14.1. The summed E-state index contributed by atoms with van der Waals surface area (Å²) >= 11 is 0. The monoisotopic (exact) mass is 339 g/mol. The molecule has 0 unspecified atom stereocenters. The summed E-state index contributed by atoms with van der Waals surface area (Å²) < 4.78 is 5.72. The number of benzene rings is 1. The van der Waals surface area contributed by atoms with Gasteiger partial charge in [0.1, 0.15) is 17.5 Å². The first-order valence-corrected chi connectivity index (χ1v) is 8.41. The van der Waals surface area contributed by atoms with E-state index in [1.165, 1.54) is 0 Å². The summed E-state index contributed by atoms with van der Waals surface area (Å²) in [7, 11) is 0. The number of pyridine rings is 1. The Bertz CT molecular complexity index is 745. The Morgan fingerprint density at radius 2 is 1.92 bits per heavy atom. The van der Waals surface area contributed by atoms with E-state index in [-0.39, 0.29) is 17.7 Å². The second-order valence-corrected chi connectivity index (χ2v) is 6.16. The first-order valence-electron chi connectivity index (χ1n) is 8.41. The molecule has 1 fully saturated rings. The van der Waals surface area contributed by atoms with Gasteiger partial charge in [-0.3, -0.25) is 14.6 Å². The molecule has 0 radical (unpaired) electrons. The van der Waals surface area contributed by atoms with E-state index in [9.17, 15) is 9.59 Å². The van der Waals surface area contributed by atoms with Crippen molar-refractivity contribution in [3.63, 3.8) is 0 Å². The molecule has 0 saturated heterocycles. The number of nitrogens with zero attached hydrogens (tertiary/aromatic N) is 1. The fourth-order valence-electron chi connectivity index (χ4n) is 2.50. The highest BCUT2D eigenvalue weighted by molar-refractivity contribution is 5.97. The third-order valence-electron chi connectivity index (χ3n) is 4.22. The van der Waals surface area contributed by atoms with Gasteiger partial charge in [-0.2, -0.15) is 0 Å². The zero-order valence-electron chi connectivity index (χ0n) is 14.1. The van der Waals surface area contributed by atoms with Gasteiger partial charge in [0.05, 0.1) is 0 Å². The van der Waals surface area contributed by atoms with E-state index in [1.807, 2.05) is 0 Å². The van der Waals surface area contributed by atoms with Crippen molar-refractivity contribution in [1.29, 1.82) is 0 Å². The van der Waals surface area contributed by atoms with Crippen LogP contribution in [0.4, 0.5) is 5.69 Å². The largest absolute Gasteiger partial charge is 0.457 e. The number of ether oxygens (including phenoxy) is 1. The Labute approximate surface area is 146 Å². The number of hydrogen-bond donors (Lipinski definition) is 2.